The lowest BCUT2D eigenvalue weighted by Gasteiger charge is -2.22. The highest BCUT2D eigenvalue weighted by atomic mass is 19.1. The van der Waals surface area contributed by atoms with E-state index in [4.69, 9.17) is 19.9 Å². The Kier molecular flexibility index (Phi) is 6.82. The minimum atomic E-state index is -1.69. The van der Waals surface area contributed by atoms with Gasteiger partial charge in [-0.3, -0.25) is 0 Å². The van der Waals surface area contributed by atoms with Crippen molar-refractivity contribution in [1.29, 1.82) is 0 Å². The summed E-state index contributed by atoms with van der Waals surface area (Å²) in [4.78, 5) is 3.51. The van der Waals surface area contributed by atoms with Gasteiger partial charge in [0, 0.05) is 19.6 Å². The lowest BCUT2D eigenvalue weighted by atomic mass is 10.1. The van der Waals surface area contributed by atoms with Crippen LogP contribution in [-0.2, 0) is 20.0 Å². The lowest BCUT2D eigenvalue weighted by Crippen LogP contribution is -2.31. The van der Waals surface area contributed by atoms with E-state index in [1.165, 1.54) is 4.52 Å². The molecule has 156 valence electrons. The van der Waals surface area contributed by atoms with E-state index in [1.54, 1.807) is 12.1 Å². The number of hydrogen-bond acceptors (Lipinski definition) is 7. The summed E-state index contributed by atoms with van der Waals surface area (Å²) < 4.78 is 32.5. The lowest BCUT2D eigenvalue weighted by molar-refractivity contribution is -0.213. The van der Waals surface area contributed by atoms with Gasteiger partial charge < -0.3 is 25.1 Å². The number of aliphatic hydroxyl groups is 1. The standard InChI is InChI=1S/C19H29FN4O4/c1-3-5-9-26-12-15-14(27-10-6-4-2)11-19(25,28-15)16-8-7-13-17(21)22-18(20)23-24(13)16/h7-8,14-15,25H,3-6,9-12H2,1-2H3,(H2,21,22,23)/t14-,15+,19?/m0/s1. The molecule has 28 heavy (non-hydrogen) atoms. The van der Waals surface area contributed by atoms with Gasteiger partial charge in [-0.05, 0) is 25.0 Å². The summed E-state index contributed by atoms with van der Waals surface area (Å²) in [6.45, 7) is 5.69. The van der Waals surface area contributed by atoms with Gasteiger partial charge in [-0.2, -0.15) is 9.37 Å². The molecule has 0 aromatic carbocycles. The second-order valence-electron chi connectivity index (χ2n) is 7.12. The average Bonchev–Trinajstić information content (AvgIpc) is 3.21. The number of hydrogen-bond donors (Lipinski definition) is 2. The first kappa shape index (κ1) is 20.9. The second kappa shape index (κ2) is 9.13. The molecule has 0 saturated carbocycles. The van der Waals surface area contributed by atoms with Crippen LogP contribution in [0.5, 0.6) is 0 Å². The van der Waals surface area contributed by atoms with Crippen LogP contribution in [0.3, 0.4) is 0 Å². The molecule has 1 aliphatic heterocycles. The Hall–Kier alpha value is -1.81. The van der Waals surface area contributed by atoms with Crippen molar-refractivity contribution in [2.75, 3.05) is 25.6 Å². The molecule has 2 aromatic rings. The number of unbranched alkanes of at least 4 members (excludes halogenated alkanes) is 2. The number of aromatic nitrogens is 3. The third kappa shape index (κ3) is 4.43. The molecule has 3 heterocycles. The quantitative estimate of drug-likeness (QED) is 0.594. The van der Waals surface area contributed by atoms with E-state index in [0.717, 1.165) is 25.7 Å². The second-order valence-corrected chi connectivity index (χ2v) is 7.12. The topological polar surface area (TPSA) is 104 Å². The fourth-order valence-corrected chi connectivity index (χ4v) is 3.36. The molecular formula is C19H29FN4O4. The van der Waals surface area contributed by atoms with E-state index >= 15 is 0 Å². The number of anilines is 1. The first-order valence-electron chi connectivity index (χ1n) is 9.89. The number of nitrogens with two attached hydrogens (primary N) is 1. The summed E-state index contributed by atoms with van der Waals surface area (Å²) in [6, 6.07) is 3.24. The van der Waals surface area contributed by atoms with E-state index in [2.05, 4.69) is 23.9 Å². The first-order chi connectivity index (χ1) is 13.5. The molecule has 3 N–H and O–H groups in total. The van der Waals surface area contributed by atoms with E-state index in [1.807, 2.05) is 0 Å². The molecule has 0 aliphatic carbocycles. The Morgan fingerprint density at radius 2 is 2.07 bits per heavy atom. The Bertz CT molecular complexity index is 787. The van der Waals surface area contributed by atoms with Crippen molar-refractivity contribution >= 4 is 11.3 Å². The highest BCUT2D eigenvalue weighted by Crippen LogP contribution is 2.39. The Balaban J connectivity index is 1.82. The molecule has 1 saturated heterocycles. The van der Waals surface area contributed by atoms with Gasteiger partial charge in [-0.1, -0.05) is 26.7 Å². The Morgan fingerprint density at radius 3 is 2.82 bits per heavy atom. The minimum absolute atomic E-state index is 0.00413. The maximum Gasteiger partial charge on any atom is 0.327 e. The number of rotatable bonds is 10. The molecule has 9 heteroatoms. The zero-order valence-corrected chi connectivity index (χ0v) is 16.4. The van der Waals surface area contributed by atoms with E-state index in [-0.39, 0.29) is 24.0 Å². The normalized spacial score (nSPS) is 25.0. The molecule has 1 aliphatic rings. The van der Waals surface area contributed by atoms with E-state index in [0.29, 0.717) is 25.3 Å². The highest BCUT2D eigenvalue weighted by Gasteiger charge is 2.49. The maximum atomic E-state index is 13.7. The van der Waals surface area contributed by atoms with Crippen molar-refractivity contribution < 1.29 is 23.7 Å². The molecule has 0 amide bonds. The van der Waals surface area contributed by atoms with Crippen molar-refractivity contribution in [2.45, 2.75) is 63.9 Å². The van der Waals surface area contributed by atoms with E-state index in [9.17, 15) is 9.50 Å². The maximum absolute atomic E-state index is 13.7. The molecule has 3 atom stereocenters. The van der Waals surface area contributed by atoms with Crippen molar-refractivity contribution in [3.63, 3.8) is 0 Å². The summed E-state index contributed by atoms with van der Waals surface area (Å²) in [5.74, 6) is -1.69. The van der Waals surface area contributed by atoms with Crippen LogP contribution in [0.2, 0.25) is 0 Å². The molecule has 0 radical (unpaired) electrons. The summed E-state index contributed by atoms with van der Waals surface area (Å²) >= 11 is 0. The molecule has 1 fully saturated rings. The van der Waals surface area contributed by atoms with Crippen LogP contribution in [-0.4, -0.2) is 51.7 Å². The fourth-order valence-electron chi connectivity index (χ4n) is 3.36. The predicted octanol–water partition coefficient (Wildman–Crippen LogP) is 2.39. The third-order valence-corrected chi connectivity index (χ3v) is 4.91. The van der Waals surface area contributed by atoms with Crippen LogP contribution in [0.25, 0.3) is 5.52 Å². The third-order valence-electron chi connectivity index (χ3n) is 4.91. The fraction of sp³-hybridized carbons (Fsp3) is 0.684. The van der Waals surface area contributed by atoms with Crippen LogP contribution in [0, 0.1) is 6.08 Å². The van der Waals surface area contributed by atoms with Gasteiger partial charge in [0.1, 0.15) is 17.3 Å². The largest absolute Gasteiger partial charge is 0.382 e. The van der Waals surface area contributed by atoms with Crippen LogP contribution < -0.4 is 5.73 Å². The molecule has 0 spiro atoms. The van der Waals surface area contributed by atoms with Crippen molar-refractivity contribution in [3.8, 4) is 0 Å². The van der Waals surface area contributed by atoms with Gasteiger partial charge >= 0.3 is 6.08 Å². The highest BCUT2D eigenvalue weighted by molar-refractivity contribution is 5.65. The summed E-state index contributed by atoms with van der Waals surface area (Å²) in [7, 11) is 0. The smallest absolute Gasteiger partial charge is 0.327 e. The van der Waals surface area contributed by atoms with Crippen LogP contribution in [0.15, 0.2) is 12.1 Å². The number of nitrogens with zero attached hydrogens (tertiary/aromatic N) is 3. The summed E-state index contributed by atoms with van der Waals surface area (Å²) in [5.41, 5.74) is 6.45. The molecule has 1 unspecified atom stereocenters. The van der Waals surface area contributed by atoms with Crippen LogP contribution in [0.4, 0.5) is 10.2 Å². The number of fused-ring (bicyclic) bond motifs is 1. The van der Waals surface area contributed by atoms with Crippen LogP contribution in [0.1, 0.15) is 51.6 Å². The van der Waals surface area contributed by atoms with Gasteiger partial charge in [-0.15, -0.1) is 5.10 Å². The Morgan fingerprint density at radius 1 is 1.32 bits per heavy atom. The molecule has 0 bridgehead atoms. The van der Waals surface area contributed by atoms with Gasteiger partial charge in [-0.25, -0.2) is 4.52 Å². The predicted molar refractivity (Wildman–Crippen MR) is 101 cm³/mol. The first-order valence-corrected chi connectivity index (χ1v) is 9.89. The zero-order valence-electron chi connectivity index (χ0n) is 16.4. The Labute approximate surface area is 163 Å². The zero-order chi connectivity index (χ0) is 20.1. The number of ether oxygens (including phenoxy) is 3. The molecular weight excluding hydrogens is 367 g/mol. The molecule has 8 nitrogen and oxygen atoms in total. The van der Waals surface area contributed by atoms with E-state index < -0.39 is 18.0 Å². The SMILES string of the molecule is CCCCOC[C@H]1OC(O)(c2ccc3c(N)nc(F)nn23)C[C@@H]1OCCCC. The van der Waals surface area contributed by atoms with Crippen molar-refractivity contribution in [2.24, 2.45) is 0 Å². The van der Waals surface area contributed by atoms with Crippen molar-refractivity contribution in [1.82, 2.24) is 14.6 Å². The van der Waals surface area contributed by atoms with Gasteiger partial charge in [0.2, 0.25) is 5.79 Å². The monoisotopic (exact) mass is 396 g/mol. The van der Waals surface area contributed by atoms with Crippen LogP contribution >= 0.6 is 0 Å². The summed E-state index contributed by atoms with van der Waals surface area (Å²) in [5, 5.41) is 15.0. The van der Waals surface area contributed by atoms with Crippen molar-refractivity contribution in [3.05, 3.63) is 23.9 Å². The van der Waals surface area contributed by atoms with Gasteiger partial charge in [0.05, 0.1) is 12.7 Å². The summed E-state index contributed by atoms with van der Waals surface area (Å²) in [6.07, 6.45) is 2.36. The number of nitrogen functional groups attached to an aromatic ring is 1. The molecule has 3 rings (SSSR count). The van der Waals surface area contributed by atoms with Gasteiger partial charge in [0.25, 0.3) is 0 Å². The number of halogens is 1. The minimum Gasteiger partial charge on any atom is -0.382 e. The van der Waals surface area contributed by atoms with Gasteiger partial charge in [0.15, 0.2) is 5.82 Å². The average molecular weight is 396 g/mol. The molecule has 2 aromatic heterocycles.